The third kappa shape index (κ3) is 9.93. The summed E-state index contributed by atoms with van der Waals surface area (Å²) in [5.74, 6) is 0.198. The summed E-state index contributed by atoms with van der Waals surface area (Å²) in [6.07, 6.45) is 1.56. The normalized spacial score (nSPS) is 10.6. The molecule has 1 N–H and O–H groups in total. The lowest BCUT2D eigenvalue weighted by atomic mass is 10.1. The number of alkyl carbamates (subject to hydrolysis) is 1. The number of nitrogens with one attached hydrogen (secondary N) is 1. The molecule has 0 bridgehead atoms. The van der Waals surface area contributed by atoms with Gasteiger partial charge >= 0.3 is 12.1 Å². The highest BCUT2D eigenvalue weighted by molar-refractivity contribution is 5.71. The summed E-state index contributed by atoms with van der Waals surface area (Å²) in [4.78, 5) is 22.3. The third-order valence-electron chi connectivity index (χ3n) is 2.26. The summed E-state index contributed by atoms with van der Waals surface area (Å²) < 4.78 is 9.72. The molecule has 0 aliphatic rings. The summed E-state index contributed by atoms with van der Waals surface area (Å²) in [5, 5.41) is 2.65. The van der Waals surface area contributed by atoms with Crippen LogP contribution in [-0.4, -0.2) is 31.8 Å². The van der Waals surface area contributed by atoms with Crippen LogP contribution in [0.1, 0.15) is 40.5 Å². The molecule has 0 spiro atoms. The van der Waals surface area contributed by atoms with Gasteiger partial charge in [-0.05, 0) is 18.8 Å². The van der Waals surface area contributed by atoms with Crippen LogP contribution in [0.5, 0.6) is 0 Å². The fourth-order valence-electron chi connectivity index (χ4n) is 1.20. The summed E-state index contributed by atoms with van der Waals surface area (Å²) in [5.41, 5.74) is 0. The number of esters is 1. The van der Waals surface area contributed by atoms with E-state index in [0.717, 1.165) is 12.8 Å². The smallest absolute Gasteiger partial charge is 0.407 e. The van der Waals surface area contributed by atoms with Gasteiger partial charge in [-0.25, -0.2) is 4.79 Å². The van der Waals surface area contributed by atoms with Gasteiger partial charge in [-0.1, -0.05) is 27.7 Å². The highest BCUT2D eigenvalue weighted by Gasteiger charge is 2.08. The maximum absolute atomic E-state index is 11.2. The molecule has 5 nitrogen and oxygen atoms in total. The molecule has 0 saturated heterocycles. The van der Waals surface area contributed by atoms with Gasteiger partial charge in [0, 0.05) is 6.54 Å². The number of carbonyl (C=O) groups excluding carboxylic acids is 2. The first-order valence-electron chi connectivity index (χ1n) is 6.50. The van der Waals surface area contributed by atoms with Crippen molar-refractivity contribution in [2.75, 3.05) is 19.8 Å². The fourth-order valence-corrected chi connectivity index (χ4v) is 1.20. The lowest BCUT2D eigenvalue weighted by Crippen LogP contribution is -2.27. The second-order valence-electron chi connectivity index (χ2n) is 4.92. The number of amides is 1. The second-order valence-corrected chi connectivity index (χ2v) is 4.92. The van der Waals surface area contributed by atoms with Crippen LogP contribution in [-0.2, 0) is 14.3 Å². The zero-order valence-electron chi connectivity index (χ0n) is 11.8. The van der Waals surface area contributed by atoms with E-state index in [1.165, 1.54) is 0 Å². The Kier molecular flexibility index (Phi) is 9.06. The first-order chi connectivity index (χ1) is 8.43. The Morgan fingerprint density at radius 2 is 1.67 bits per heavy atom. The molecular formula is C13H25NO4. The van der Waals surface area contributed by atoms with Crippen molar-refractivity contribution < 1.29 is 19.1 Å². The van der Waals surface area contributed by atoms with Gasteiger partial charge in [-0.2, -0.15) is 0 Å². The lowest BCUT2D eigenvalue weighted by Gasteiger charge is -2.09. The second kappa shape index (κ2) is 9.74. The molecule has 0 fully saturated rings. The zero-order chi connectivity index (χ0) is 14.0. The fraction of sp³-hybridized carbons (Fsp3) is 0.846. The minimum atomic E-state index is -0.459. The largest absolute Gasteiger partial charge is 0.462 e. The minimum absolute atomic E-state index is 0.0917. The molecule has 0 radical (unpaired) electrons. The van der Waals surface area contributed by atoms with Crippen molar-refractivity contribution in [2.45, 2.75) is 40.5 Å². The molecule has 0 rings (SSSR count). The van der Waals surface area contributed by atoms with Crippen LogP contribution in [0.4, 0.5) is 4.79 Å². The highest BCUT2D eigenvalue weighted by atomic mass is 16.6. The van der Waals surface area contributed by atoms with E-state index in [1.54, 1.807) is 13.8 Å². The number of ether oxygens (including phenoxy) is 2. The lowest BCUT2D eigenvalue weighted by molar-refractivity contribution is -0.148. The van der Waals surface area contributed by atoms with Crippen molar-refractivity contribution in [1.29, 1.82) is 0 Å². The first kappa shape index (κ1) is 16.7. The Bertz CT molecular complexity index is 251. The Labute approximate surface area is 109 Å². The highest BCUT2D eigenvalue weighted by Crippen LogP contribution is 2.01. The van der Waals surface area contributed by atoms with Crippen LogP contribution >= 0.6 is 0 Å². The van der Waals surface area contributed by atoms with E-state index in [4.69, 9.17) is 9.47 Å². The third-order valence-corrected chi connectivity index (χ3v) is 2.26. The zero-order valence-corrected chi connectivity index (χ0v) is 11.8. The van der Waals surface area contributed by atoms with Gasteiger partial charge in [0.1, 0.15) is 13.2 Å². The molecule has 0 atom stereocenters. The maximum atomic E-state index is 11.2. The van der Waals surface area contributed by atoms with Crippen molar-refractivity contribution in [1.82, 2.24) is 5.32 Å². The molecule has 0 aromatic rings. The predicted molar refractivity (Wildman–Crippen MR) is 69.2 cm³/mol. The van der Waals surface area contributed by atoms with Crippen LogP contribution in [0.3, 0.4) is 0 Å². The van der Waals surface area contributed by atoms with E-state index in [9.17, 15) is 9.59 Å². The summed E-state index contributed by atoms with van der Waals surface area (Å²) in [6, 6.07) is 0. The van der Waals surface area contributed by atoms with Crippen LogP contribution in [0, 0.1) is 11.8 Å². The molecule has 0 aliphatic heterocycles. The number of hydrogen-bond acceptors (Lipinski definition) is 4. The average Bonchev–Trinajstić information content (AvgIpc) is 2.29. The van der Waals surface area contributed by atoms with E-state index in [1.807, 2.05) is 0 Å². The Hall–Kier alpha value is -1.26. The van der Waals surface area contributed by atoms with Crippen LogP contribution in [0.15, 0.2) is 0 Å². The summed E-state index contributed by atoms with van der Waals surface area (Å²) in [6.45, 7) is 8.60. The van der Waals surface area contributed by atoms with E-state index in [2.05, 4.69) is 19.2 Å². The summed E-state index contributed by atoms with van der Waals surface area (Å²) in [7, 11) is 0. The Balaban J connectivity index is 3.40. The van der Waals surface area contributed by atoms with Crippen LogP contribution < -0.4 is 5.32 Å². The standard InChI is InChI=1S/C13H25NO4/c1-10(2)6-5-7-14-13(16)18-9-8-17-12(15)11(3)4/h10-11H,5-9H2,1-4H3,(H,14,16). The Morgan fingerprint density at radius 1 is 1.06 bits per heavy atom. The molecular weight excluding hydrogens is 234 g/mol. The average molecular weight is 259 g/mol. The molecule has 1 amide bonds. The van der Waals surface area contributed by atoms with Crippen molar-refractivity contribution in [3.05, 3.63) is 0 Å². The molecule has 0 aromatic carbocycles. The number of hydrogen-bond donors (Lipinski definition) is 1. The first-order valence-corrected chi connectivity index (χ1v) is 6.50. The number of carbonyl (C=O) groups is 2. The van der Waals surface area contributed by atoms with Crippen molar-refractivity contribution in [3.63, 3.8) is 0 Å². The van der Waals surface area contributed by atoms with Gasteiger partial charge in [0.25, 0.3) is 0 Å². The van der Waals surface area contributed by atoms with Crippen LogP contribution in [0.2, 0.25) is 0 Å². The number of rotatable bonds is 8. The topological polar surface area (TPSA) is 64.6 Å². The SMILES string of the molecule is CC(C)CCCNC(=O)OCCOC(=O)C(C)C. The molecule has 5 heteroatoms. The molecule has 0 aliphatic carbocycles. The van der Waals surface area contributed by atoms with Gasteiger partial charge in [0.2, 0.25) is 0 Å². The van der Waals surface area contributed by atoms with E-state index in [-0.39, 0.29) is 25.1 Å². The van der Waals surface area contributed by atoms with Crippen LogP contribution in [0.25, 0.3) is 0 Å². The van der Waals surface area contributed by atoms with Gasteiger partial charge < -0.3 is 14.8 Å². The summed E-state index contributed by atoms with van der Waals surface area (Å²) >= 11 is 0. The maximum Gasteiger partial charge on any atom is 0.407 e. The molecule has 106 valence electrons. The van der Waals surface area contributed by atoms with Gasteiger partial charge in [-0.15, -0.1) is 0 Å². The monoisotopic (exact) mass is 259 g/mol. The van der Waals surface area contributed by atoms with E-state index >= 15 is 0 Å². The van der Waals surface area contributed by atoms with Crippen molar-refractivity contribution >= 4 is 12.1 Å². The van der Waals surface area contributed by atoms with Crippen molar-refractivity contribution in [3.8, 4) is 0 Å². The molecule has 0 saturated carbocycles. The molecule has 0 aromatic heterocycles. The minimum Gasteiger partial charge on any atom is -0.462 e. The predicted octanol–water partition coefficient (Wildman–Crippen LogP) is 2.35. The van der Waals surface area contributed by atoms with Gasteiger partial charge in [-0.3, -0.25) is 4.79 Å². The quantitative estimate of drug-likeness (QED) is 0.537. The van der Waals surface area contributed by atoms with E-state index < -0.39 is 6.09 Å². The molecule has 0 heterocycles. The van der Waals surface area contributed by atoms with Crippen molar-refractivity contribution in [2.24, 2.45) is 11.8 Å². The van der Waals surface area contributed by atoms with Gasteiger partial charge in [0.05, 0.1) is 5.92 Å². The molecule has 0 unspecified atom stereocenters. The van der Waals surface area contributed by atoms with E-state index in [0.29, 0.717) is 12.5 Å². The Morgan fingerprint density at radius 3 is 2.22 bits per heavy atom. The van der Waals surface area contributed by atoms with Gasteiger partial charge in [0.15, 0.2) is 0 Å². The molecule has 18 heavy (non-hydrogen) atoms.